The van der Waals surface area contributed by atoms with E-state index in [4.69, 9.17) is 9.47 Å². The lowest BCUT2D eigenvalue weighted by Crippen LogP contribution is -2.17. The van der Waals surface area contributed by atoms with E-state index in [-0.39, 0.29) is 11.7 Å². The number of fused-ring (bicyclic) bond motifs is 1. The Morgan fingerprint density at radius 3 is 2.71 bits per heavy atom. The van der Waals surface area contributed by atoms with Crippen LogP contribution in [-0.2, 0) is 6.42 Å². The monoisotopic (exact) mass is 367 g/mol. The molecule has 1 aromatic carbocycles. The lowest BCUT2D eigenvalue weighted by Gasteiger charge is -2.21. The fraction of sp³-hybridized carbons (Fsp3) is 0.333. The van der Waals surface area contributed by atoms with Gasteiger partial charge in [-0.2, -0.15) is 0 Å². The van der Waals surface area contributed by atoms with Gasteiger partial charge in [-0.25, -0.2) is 4.98 Å². The Labute approximate surface area is 135 Å². The van der Waals surface area contributed by atoms with Crippen molar-refractivity contribution >= 4 is 33.0 Å². The summed E-state index contributed by atoms with van der Waals surface area (Å²) in [6.45, 7) is 0. The Bertz CT molecular complexity index is 698. The van der Waals surface area contributed by atoms with Gasteiger partial charge in [-0.3, -0.25) is 4.79 Å². The number of rotatable bonds is 3. The van der Waals surface area contributed by atoms with E-state index in [1.807, 2.05) is 18.2 Å². The number of hydrogen-bond acceptors (Lipinski definition) is 5. The van der Waals surface area contributed by atoms with Crippen LogP contribution in [0.15, 0.2) is 22.1 Å². The molecule has 0 bridgehead atoms. The number of carbonyl (C=O) groups excluding carboxylic acids is 1. The predicted molar refractivity (Wildman–Crippen MR) is 84.8 cm³/mol. The molecule has 1 atom stereocenters. The predicted octanol–water partition coefficient (Wildman–Crippen LogP) is 3.84. The average molecular weight is 368 g/mol. The van der Waals surface area contributed by atoms with Crippen molar-refractivity contribution in [2.75, 3.05) is 14.2 Å². The molecule has 0 saturated heterocycles. The van der Waals surface area contributed by atoms with E-state index in [0.717, 1.165) is 26.5 Å². The van der Waals surface area contributed by atoms with Gasteiger partial charge in [0, 0.05) is 6.42 Å². The molecule has 1 aliphatic carbocycles. The van der Waals surface area contributed by atoms with Crippen LogP contribution in [-0.4, -0.2) is 25.0 Å². The van der Waals surface area contributed by atoms with Crippen LogP contribution >= 0.6 is 27.3 Å². The second-order valence-electron chi connectivity index (χ2n) is 4.89. The van der Waals surface area contributed by atoms with Crippen molar-refractivity contribution in [3.05, 3.63) is 38.3 Å². The molecule has 3 rings (SSSR count). The third kappa shape index (κ3) is 2.70. The normalized spacial score (nSPS) is 17.5. The van der Waals surface area contributed by atoms with Crippen molar-refractivity contribution in [3.63, 3.8) is 0 Å². The van der Waals surface area contributed by atoms with E-state index in [0.29, 0.717) is 17.9 Å². The number of Topliss-reactive ketones (excluding diaryl/α,β-unsaturated/α-hetero) is 1. The molecular weight excluding hydrogens is 354 g/mol. The van der Waals surface area contributed by atoms with E-state index >= 15 is 0 Å². The zero-order chi connectivity index (χ0) is 15.0. The van der Waals surface area contributed by atoms with E-state index in [2.05, 4.69) is 20.9 Å². The minimum atomic E-state index is 0.138. The molecular formula is C15H14BrNO3S. The highest BCUT2D eigenvalue weighted by atomic mass is 79.9. The van der Waals surface area contributed by atoms with Crippen LogP contribution < -0.4 is 9.47 Å². The molecule has 4 nitrogen and oxygen atoms in total. The maximum atomic E-state index is 12.3. The largest absolute Gasteiger partial charge is 0.493 e. The summed E-state index contributed by atoms with van der Waals surface area (Å²) in [4.78, 5) is 17.5. The number of methoxy groups -OCH3 is 2. The molecule has 0 saturated carbocycles. The second-order valence-corrected chi connectivity index (χ2v) is 7.16. The number of thiazole rings is 1. The Hall–Kier alpha value is -1.40. The topological polar surface area (TPSA) is 48.4 Å². The number of halogens is 1. The van der Waals surface area contributed by atoms with E-state index in [9.17, 15) is 4.79 Å². The minimum Gasteiger partial charge on any atom is -0.493 e. The fourth-order valence-electron chi connectivity index (χ4n) is 2.64. The first-order valence-electron chi connectivity index (χ1n) is 6.52. The summed E-state index contributed by atoms with van der Waals surface area (Å²) in [7, 11) is 3.23. The van der Waals surface area contributed by atoms with E-state index in [1.165, 1.54) is 11.3 Å². The number of aromatic nitrogens is 1. The minimum absolute atomic E-state index is 0.138. The summed E-state index contributed by atoms with van der Waals surface area (Å²) in [5.41, 5.74) is 1.97. The summed E-state index contributed by atoms with van der Waals surface area (Å²) in [6.07, 6.45) is 1.29. The first-order chi connectivity index (χ1) is 10.1. The summed E-state index contributed by atoms with van der Waals surface area (Å²) in [5, 5.41) is 0. The molecule has 6 heteroatoms. The highest BCUT2D eigenvalue weighted by molar-refractivity contribution is 9.11. The number of ketones is 1. The van der Waals surface area contributed by atoms with Gasteiger partial charge >= 0.3 is 0 Å². The molecule has 0 aliphatic heterocycles. The number of carbonyl (C=O) groups is 1. The van der Waals surface area contributed by atoms with Gasteiger partial charge in [0.05, 0.1) is 24.8 Å². The SMILES string of the molecule is COc1ccc([C@@H]2CC(=O)c3sc(Br)nc3C2)cc1OC. The van der Waals surface area contributed by atoms with Crippen LogP contribution in [0, 0.1) is 0 Å². The van der Waals surface area contributed by atoms with Crippen LogP contribution in [0.3, 0.4) is 0 Å². The number of benzene rings is 1. The van der Waals surface area contributed by atoms with Gasteiger partial charge in [-0.1, -0.05) is 6.07 Å². The summed E-state index contributed by atoms with van der Waals surface area (Å²) in [6, 6.07) is 5.82. The lowest BCUT2D eigenvalue weighted by molar-refractivity contribution is 0.0968. The van der Waals surface area contributed by atoms with E-state index in [1.54, 1.807) is 14.2 Å². The Balaban J connectivity index is 1.94. The molecule has 21 heavy (non-hydrogen) atoms. The lowest BCUT2D eigenvalue weighted by atomic mass is 9.84. The summed E-state index contributed by atoms with van der Waals surface area (Å²) < 4.78 is 11.4. The van der Waals surface area contributed by atoms with Crippen LogP contribution in [0.25, 0.3) is 0 Å². The van der Waals surface area contributed by atoms with Crippen molar-refractivity contribution in [3.8, 4) is 11.5 Å². The van der Waals surface area contributed by atoms with Crippen LogP contribution in [0.4, 0.5) is 0 Å². The quantitative estimate of drug-likeness (QED) is 0.826. The highest BCUT2D eigenvalue weighted by Gasteiger charge is 2.29. The van der Waals surface area contributed by atoms with Gasteiger partial charge in [0.1, 0.15) is 0 Å². The van der Waals surface area contributed by atoms with Crippen LogP contribution in [0.5, 0.6) is 11.5 Å². The maximum absolute atomic E-state index is 12.3. The Morgan fingerprint density at radius 2 is 2.00 bits per heavy atom. The summed E-state index contributed by atoms with van der Waals surface area (Å²) >= 11 is 4.78. The molecule has 2 aromatic rings. The summed E-state index contributed by atoms with van der Waals surface area (Å²) in [5.74, 6) is 1.69. The van der Waals surface area contributed by atoms with E-state index < -0.39 is 0 Å². The van der Waals surface area contributed by atoms with Crippen molar-refractivity contribution in [1.82, 2.24) is 4.98 Å². The first kappa shape index (κ1) is 14.5. The standard InChI is InChI=1S/C15H14BrNO3S/c1-19-12-4-3-8(7-13(12)20-2)9-5-10-14(11(18)6-9)21-15(16)17-10/h3-4,7,9H,5-6H2,1-2H3/t9-/m0/s1. The van der Waals surface area contributed by atoms with Crippen molar-refractivity contribution in [2.45, 2.75) is 18.8 Å². The van der Waals surface area contributed by atoms with Gasteiger partial charge in [0.25, 0.3) is 0 Å². The third-order valence-electron chi connectivity index (χ3n) is 3.68. The molecule has 0 spiro atoms. The van der Waals surface area contributed by atoms with Crippen LogP contribution in [0.1, 0.15) is 33.3 Å². The molecule has 0 unspecified atom stereocenters. The average Bonchev–Trinajstić information content (AvgIpc) is 2.87. The first-order valence-corrected chi connectivity index (χ1v) is 8.13. The molecule has 110 valence electrons. The van der Waals surface area contributed by atoms with Gasteiger partial charge in [0.2, 0.25) is 0 Å². The van der Waals surface area contributed by atoms with Crippen molar-refractivity contribution < 1.29 is 14.3 Å². The van der Waals surface area contributed by atoms with Crippen LogP contribution in [0.2, 0.25) is 0 Å². The molecule has 1 aromatic heterocycles. The van der Waals surface area contributed by atoms with Gasteiger partial charge in [0.15, 0.2) is 21.2 Å². The smallest absolute Gasteiger partial charge is 0.175 e. The second kappa shape index (κ2) is 5.77. The Kier molecular flexibility index (Phi) is 3.99. The number of ether oxygens (including phenoxy) is 2. The maximum Gasteiger partial charge on any atom is 0.175 e. The zero-order valence-electron chi connectivity index (χ0n) is 11.7. The highest BCUT2D eigenvalue weighted by Crippen LogP contribution is 2.39. The van der Waals surface area contributed by atoms with Gasteiger partial charge in [-0.05, 0) is 46.0 Å². The molecule has 1 aliphatic rings. The third-order valence-corrected chi connectivity index (χ3v) is 5.27. The molecule has 1 heterocycles. The van der Waals surface area contributed by atoms with Gasteiger partial charge in [-0.15, -0.1) is 11.3 Å². The van der Waals surface area contributed by atoms with Crippen molar-refractivity contribution in [2.24, 2.45) is 0 Å². The zero-order valence-corrected chi connectivity index (χ0v) is 14.1. The molecule has 0 radical (unpaired) electrons. The van der Waals surface area contributed by atoms with Gasteiger partial charge < -0.3 is 9.47 Å². The number of hydrogen-bond donors (Lipinski definition) is 0. The number of nitrogens with zero attached hydrogens (tertiary/aromatic N) is 1. The Morgan fingerprint density at radius 1 is 1.24 bits per heavy atom. The fourth-order valence-corrected chi connectivity index (χ4v) is 4.11. The molecule has 0 fully saturated rings. The molecule has 0 N–H and O–H groups in total. The molecule has 0 amide bonds. The van der Waals surface area contributed by atoms with Crippen molar-refractivity contribution in [1.29, 1.82) is 0 Å².